The maximum Gasteiger partial charge on any atom is 0.311 e. The lowest BCUT2D eigenvalue weighted by atomic mass is 9.85. The summed E-state index contributed by atoms with van der Waals surface area (Å²) in [6.07, 6.45) is 3.24. The third kappa shape index (κ3) is 2.27. The highest BCUT2D eigenvalue weighted by Gasteiger charge is 2.50. The Morgan fingerprint density at radius 1 is 1.26 bits per heavy atom. The van der Waals surface area contributed by atoms with Crippen LogP contribution in [0.5, 0.6) is 0 Å². The summed E-state index contributed by atoms with van der Waals surface area (Å²) in [4.78, 5) is 12.3. The fourth-order valence-electron chi connectivity index (χ4n) is 3.73. The molecule has 0 saturated heterocycles. The Labute approximate surface area is 114 Å². The van der Waals surface area contributed by atoms with Crippen molar-refractivity contribution in [2.75, 3.05) is 0 Å². The Hall–Kier alpha value is -1.35. The van der Waals surface area contributed by atoms with E-state index in [1.165, 1.54) is 6.42 Å². The summed E-state index contributed by atoms with van der Waals surface area (Å²) < 4.78 is 5.62. The van der Waals surface area contributed by atoms with E-state index in [9.17, 15) is 4.79 Å². The molecule has 1 aromatic carbocycles. The second kappa shape index (κ2) is 4.97. The van der Waals surface area contributed by atoms with Crippen LogP contribution in [-0.4, -0.2) is 12.0 Å². The SMILES string of the molecule is CC(OC(=O)C1C2CCC(C2)C1N)c1ccccc1. The number of carbonyl (C=O) groups is 1. The first-order valence-electron chi connectivity index (χ1n) is 7.18. The van der Waals surface area contributed by atoms with Crippen molar-refractivity contribution < 1.29 is 9.53 Å². The number of benzene rings is 1. The minimum absolute atomic E-state index is 0.00854. The molecule has 2 saturated carbocycles. The molecule has 3 rings (SSSR count). The van der Waals surface area contributed by atoms with E-state index in [1.54, 1.807) is 0 Å². The van der Waals surface area contributed by atoms with Gasteiger partial charge >= 0.3 is 5.97 Å². The van der Waals surface area contributed by atoms with Crippen LogP contribution >= 0.6 is 0 Å². The van der Waals surface area contributed by atoms with Gasteiger partial charge in [-0.3, -0.25) is 4.79 Å². The molecule has 0 amide bonds. The van der Waals surface area contributed by atoms with Crippen LogP contribution in [0.2, 0.25) is 0 Å². The third-order valence-corrected chi connectivity index (χ3v) is 4.81. The van der Waals surface area contributed by atoms with E-state index < -0.39 is 0 Å². The second-order valence-corrected chi connectivity index (χ2v) is 5.93. The maximum absolute atomic E-state index is 12.3. The van der Waals surface area contributed by atoms with E-state index in [1.807, 2.05) is 37.3 Å². The second-order valence-electron chi connectivity index (χ2n) is 5.93. The van der Waals surface area contributed by atoms with Gasteiger partial charge in [0.25, 0.3) is 0 Å². The van der Waals surface area contributed by atoms with Crippen LogP contribution in [0.1, 0.15) is 37.9 Å². The molecule has 5 atom stereocenters. The van der Waals surface area contributed by atoms with E-state index in [0.29, 0.717) is 11.8 Å². The fraction of sp³-hybridized carbons (Fsp3) is 0.562. The van der Waals surface area contributed by atoms with Crippen LogP contribution in [0.3, 0.4) is 0 Å². The van der Waals surface area contributed by atoms with E-state index in [2.05, 4.69) is 0 Å². The topological polar surface area (TPSA) is 52.3 Å². The minimum Gasteiger partial charge on any atom is -0.458 e. The van der Waals surface area contributed by atoms with Gasteiger partial charge in [0.1, 0.15) is 6.10 Å². The van der Waals surface area contributed by atoms with Gasteiger partial charge in [0.2, 0.25) is 0 Å². The van der Waals surface area contributed by atoms with Crippen LogP contribution in [0.15, 0.2) is 30.3 Å². The highest BCUT2D eigenvalue weighted by atomic mass is 16.5. The molecule has 19 heavy (non-hydrogen) atoms. The molecule has 0 aromatic heterocycles. The average molecular weight is 259 g/mol. The third-order valence-electron chi connectivity index (χ3n) is 4.81. The largest absolute Gasteiger partial charge is 0.458 e. The van der Waals surface area contributed by atoms with Gasteiger partial charge in [-0.2, -0.15) is 0 Å². The van der Waals surface area contributed by atoms with Gasteiger partial charge in [0.15, 0.2) is 0 Å². The van der Waals surface area contributed by atoms with Gasteiger partial charge in [0, 0.05) is 6.04 Å². The van der Waals surface area contributed by atoms with Crippen molar-refractivity contribution in [1.29, 1.82) is 0 Å². The van der Waals surface area contributed by atoms with Crippen molar-refractivity contribution in [3.8, 4) is 0 Å². The molecule has 2 fully saturated rings. The number of rotatable bonds is 3. The first-order valence-corrected chi connectivity index (χ1v) is 7.18. The predicted molar refractivity (Wildman–Crippen MR) is 73.2 cm³/mol. The van der Waals surface area contributed by atoms with Gasteiger partial charge in [-0.15, -0.1) is 0 Å². The average Bonchev–Trinajstić information content (AvgIpc) is 3.00. The fourth-order valence-corrected chi connectivity index (χ4v) is 3.73. The summed E-state index contributed by atoms with van der Waals surface area (Å²) in [5.41, 5.74) is 7.21. The number of carbonyl (C=O) groups excluding carboxylic acids is 1. The Bertz CT molecular complexity index is 457. The Balaban J connectivity index is 1.66. The molecule has 0 radical (unpaired) electrons. The van der Waals surface area contributed by atoms with Crippen LogP contribution in [0.4, 0.5) is 0 Å². The zero-order valence-electron chi connectivity index (χ0n) is 11.3. The van der Waals surface area contributed by atoms with Crippen molar-refractivity contribution in [3.63, 3.8) is 0 Å². The number of esters is 1. The smallest absolute Gasteiger partial charge is 0.311 e. The summed E-state index contributed by atoms with van der Waals surface area (Å²) in [6.45, 7) is 1.92. The van der Waals surface area contributed by atoms with Crippen molar-refractivity contribution >= 4 is 5.97 Å². The molecule has 2 N–H and O–H groups in total. The van der Waals surface area contributed by atoms with Gasteiger partial charge < -0.3 is 10.5 Å². The van der Waals surface area contributed by atoms with Gasteiger partial charge in [0.05, 0.1) is 5.92 Å². The molecule has 0 spiro atoms. The lowest BCUT2D eigenvalue weighted by Crippen LogP contribution is -2.41. The standard InChI is InChI=1S/C16H21NO2/c1-10(11-5-3-2-4-6-11)19-16(18)14-12-7-8-13(9-12)15(14)17/h2-6,10,12-15H,7-9,17H2,1H3. The molecule has 2 aliphatic rings. The number of ether oxygens (including phenoxy) is 1. The highest BCUT2D eigenvalue weighted by Crippen LogP contribution is 2.48. The Kier molecular flexibility index (Phi) is 3.31. The molecule has 2 bridgehead atoms. The first kappa shape index (κ1) is 12.7. The molecular weight excluding hydrogens is 238 g/mol. The zero-order valence-corrected chi connectivity index (χ0v) is 11.3. The quantitative estimate of drug-likeness (QED) is 0.849. The molecule has 3 nitrogen and oxygen atoms in total. The molecule has 0 heterocycles. The zero-order chi connectivity index (χ0) is 13.4. The monoisotopic (exact) mass is 259 g/mol. The van der Waals surface area contributed by atoms with Crippen molar-refractivity contribution in [2.45, 2.75) is 38.3 Å². The molecule has 3 heteroatoms. The molecule has 5 unspecified atom stereocenters. The van der Waals surface area contributed by atoms with Crippen LogP contribution < -0.4 is 5.73 Å². The summed E-state index contributed by atoms with van der Waals surface area (Å²) >= 11 is 0. The van der Waals surface area contributed by atoms with Gasteiger partial charge in [-0.25, -0.2) is 0 Å². The summed E-state index contributed by atoms with van der Waals surface area (Å²) in [5, 5.41) is 0. The van der Waals surface area contributed by atoms with E-state index in [-0.39, 0.29) is 24.0 Å². The number of fused-ring (bicyclic) bond motifs is 2. The summed E-state index contributed by atoms with van der Waals surface area (Å²) in [6, 6.07) is 9.86. The first-order chi connectivity index (χ1) is 9.16. The van der Waals surface area contributed by atoms with Gasteiger partial charge in [-0.1, -0.05) is 30.3 Å². The molecule has 2 aliphatic carbocycles. The Morgan fingerprint density at radius 2 is 1.95 bits per heavy atom. The van der Waals surface area contributed by atoms with E-state index in [4.69, 9.17) is 10.5 Å². The lowest BCUT2D eigenvalue weighted by Gasteiger charge is -2.27. The lowest BCUT2D eigenvalue weighted by molar-refractivity contribution is -0.156. The number of nitrogens with two attached hydrogens (primary N) is 1. The predicted octanol–water partition coefficient (Wildman–Crippen LogP) is 2.66. The maximum atomic E-state index is 12.3. The number of hydrogen-bond donors (Lipinski definition) is 1. The number of hydrogen-bond acceptors (Lipinski definition) is 3. The van der Waals surface area contributed by atoms with Crippen molar-refractivity contribution in [1.82, 2.24) is 0 Å². The molecular formula is C16H21NO2. The van der Waals surface area contributed by atoms with Crippen LogP contribution in [0.25, 0.3) is 0 Å². The minimum atomic E-state index is -0.194. The van der Waals surface area contributed by atoms with E-state index in [0.717, 1.165) is 18.4 Å². The molecule has 1 aromatic rings. The van der Waals surface area contributed by atoms with Crippen LogP contribution in [-0.2, 0) is 9.53 Å². The van der Waals surface area contributed by atoms with Crippen LogP contribution in [0, 0.1) is 17.8 Å². The van der Waals surface area contributed by atoms with Crippen molar-refractivity contribution in [2.24, 2.45) is 23.5 Å². The van der Waals surface area contributed by atoms with Crippen molar-refractivity contribution in [3.05, 3.63) is 35.9 Å². The van der Waals surface area contributed by atoms with Gasteiger partial charge in [-0.05, 0) is 43.6 Å². The normalized spacial score (nSPS) is 34.2. The summed E-state index contributed by atoms with van der Waals surface area (Å²) in [5.74, 6) is 0.811. The summed E-state index contributed by atoms with van der Waals surface area (Å²) in [7, 11) is 0. The molecule has 0 aliphatic heterocycles. The molecule has 102 valence electrons. The van der Waals surface area contributed by atoms with E-state index >= 15 is 0 Å². The Morgan fingerprint density at radius 3 is 2.58 bits per heavy atom. The highest BCUT2D eigenvalue weighted by molar-refractivity contribution is 5.74.